The standard InChI is InChI=1S/C27H30FN5O3S/c1-36-26-12-30-21-4-2-3-19(27(21)32-26)23(34)13-33-17-5-6-18(33)9-16(8-17)29-11-15-7-22-24(10-20(15)28)37-14-25(35)31-22/h2-4,7,10,12,16-18,23,29,34H,5-6,8-9,11,13-14H2,1H3,(H,31,35). The molecule has 3 aromatic rings. The lowest BCUT2D eigenvalue weighted by Gasteiger charge is -2.40. The molecule has 1 aromatic heterocycles. The van der Waals surface area contributed by atoms with Crippen molar-refractivity contribution in [3.8, 4) is 5.88 Å². The number of hydrogen-bond acceptors (Lipinski definition) is 8. The topological polar surface area (TPSA) is 99.6 Å². The first kappa shape index (κ1) is 24.5. The molecule has 2 aromatic carbocycles. The van der Waals surface area contributed by atoms with Gasteiger partial charge in [0.2, 0.25) is 11.8 Å². The first-order valence-corrected chi connectivity index (χ1v) is 13.7. The molecule has 37 heavy (non-hydrogen) atoms. The highest BCUT2D eigenvalue weighted by molar-refractivity contribution is 8.00. The number of aliphatic hydroxyl groups excluding tert-OH is 1. The third kappa shape index (κ3) is 4.90. The van der Waals surface area contributed by atoms with Gasteiger partial charge in [-0.1, -0.05) is 12.1 Å². The second-order valence-electron chi connectivity index (χ2n) is 10.1. The number of hydrogen-bond donors (Lipinski definition) is 3. The number of aliphatic hydroxyl groups is 1. The van der Waals surface area contributed by atoms with E-state index in [1.807, 2.05) is 18.2 Å². The minimum Gasteiger partial charge on any atom is -0.480 e. The van der Waals surface area contributed by atoms with Crippen LogP contribution in [-0.4, -0.2) is 63.4 Å². The zero-order valence-corrected chi connectivity index (χ0v) is 21.4. The van der Waals surface area contributed by atoms with Crippen LogP contribution in [0.25, 0.3) is 11.0 Å². The lowest BCUT2D eigenvalue weighted by Crippen LogP contribution is -2.50. The van der Waals surface area contributed by atoms with E-state index in [9.17, 15) is 14.3 Å². The molecule has 2 saturated heterocycles. The lowest BCUT2D eigenvalue weighted by molar-refractivity contribution is -0.113. The molecule has 10 heteroatoms. The summed E-state index contributed by atoms with van der Waals surface area (Å²) in [7, 11) is 1.56. The van der Waals surface area contributed by atoms with E-state index in [0.717, 1.165) is 41.7 Å². The molecular weight excluding hydrogens is 493 g/mol. The molecule has 194 valence electrons. The second kappa shape index (κ2) is 10.2. The molecule has 2 fully saturated rings. The minimum atomic E-state index is -0.685. The van der Waals surface area contributed by atoms with Crippen molar-refractivity contribution in [2.75, 3.05) is 24.7 Å². The van der Waals surface area contributed by atoms with Crippen LogP contribution < -0.4 is 15.4 Å². The number of ether oxygens (including phenoxy) is 1. The summed E-state index contributed by atoms with van der Waals surface area (Å²) >= 11 is 1.37. The van der Waals surface area contributed by atoms with Gasteiger partial charge in [-0.15, -0.1) is 11.8 Å². The zero-order chi connectivity index (χ0) is 25.5. The Morgan fingerprint density at radius 1 is 1.30 bits per heavy atom. The normalized spacial score (nSPS) is 24.1. The smallest absolute Gasteiger partial charge is 0.234 e. The minimum absolute atomic E-state index is 0.0520. The van der Waals surface area contributed by atoms with Crippen LogP contribution in [0.1, 0.15) is 42.9 Å². The Hall–Kier alpha value is -2.79. The quantitative estimate of drug-likeness (QED) is 0.432. The molecule has 0 radical (unpaired) electrons. The van der Waals surface area contributed by atoms with Crippen LogP contribution in [0, 0.1) is 5.82 Å². The van der Waals surface area contributed by atoms with Crippen molar-refractivity contribution in [3.05, 3.63) is 53.5 Å². The molecule has 8 nitrogen and oxygen atoms in total. The Balaban J connectivity index is 1.11. The van der Waals surface area contributed by atoms with Crippen LogP contribution >= 0.6 is 11.8 Å². The number of fused-ring (bicyclic) bond motifs is 4. The second-order valence-corrected chi connectivity index (χ2v) is 11.1. The molecule has 6 rings (SSSR count). The van der Waals surface area contributed by atoms with Gasteiger partial charge in [0.1, 0.15) is 5.82 Å². The zero-order valence-electron chi connectivity index (χ0n) is 20.6. The van der Waals surface area contributed by atoms with Crippen LogP contribution in [0.15, 0.2) is 41.4 Å². The number of benzene rings is 2. The Labute approximate surface area is 219 Å². The number of nitrogens with one attached hydrogen (secondary N) is 2. The third-order valence-corrected chi connectivity index (χ3v) is 8.84. The first-order chi connectivity index (χ1) is 18.0. The first-order valence-electron chi connectivity index (χ1n) is 12.7. The highest BCUT2D eigenvalue weighted by Crippen LogP contribution is 2.38. The van der Waals surface area contributed by atoms with Gasteiger partial charge in [-0.2, -0.15) is 0 Å². The van der Waals surface area contributed by atoms with Gasteiger partial charge in [-0.25, -0.2) is 14.4 Å². The molecule has 1 amide bonds. The summed E-state index contributed by atoms with van der Waals surface area (Å²) in [6.07, 6.45) is 4.98. The number of thioether (sulfide) groups is 1. The number of halogens is 1. The fraction of sp³-hybridized carbons (Fsp3) is 0.444. The molecule has 3 N–H and O–H groups in total. The largest absolute Gasteiger partial charge is 0.480 e. The SMILES string of the molecule is COc1cnc2cccc(C(O)CN3C4CCC3CC(NCc3cc5c(cc3F)SCC(=O)N5)C4)c2n1. The Morgan fingerprint density at radius 2 is 2.11 bits per heavy atom. The van der Waals surface area contributed by atoms with Gasteiger partial charge in [0.25, 0.3) is 0 Å². The number of aromatic nitrogens is 2. The molecular formula is C27H30FN5O3S. The van der Waals surface area contributed by atoms with Crippen LogP contribution in [0.2, 0.25) is 0 Å². The molecule has 4 heterocycles. The van der Waals surface area contributed by atoms with Crippen LogP contribution in [0.3, 0.4) is 0 Å². The third-order valence-electron chi connectivity index (χ3n) is 7.78. The molecule has 0 saturated carbocycles. The number of anilines is 1. The number of carbonyl (C=O) groups is 1. The predicted octanol–water partition coefficient (Wildman–Crippen LogP) is 3.64. The van der Waals surface area contributed by atoms with Crippen molar-refractivity contribution in [2.45, 2.75) is 61.4 Å². The number of rotatable bonds is 7. The molecule has 3 aliphatic rings. The van der Waals surface area contributed by atoms with Gasteiger partial charge < -0.3 is 20.5 Å². The fourth-order valence-corrected chi connectivity index (χ4v) is 6.79. The van der Waals surface area contributed by atoms with Gasteiger partial charge in [0, 0.05) is 47.2 Å². The maximum atomic E-state index is 14.7. The van der Waals surface area contributed by atoms with Crippen molar-refractivity contribution >= 4 is 34.4 Å². The van der Waals surface area contributed by atoms with Gasteiger partial charge in [-0.3, -0.25) is 9.69 Å². The number of para-hydroxylation sites is 1. The molecule has 2 bridgehead atoms. The van der Waals surface area contributed by atoms with E-state index >= 15 is 0 Å². The Morgan fingerprint density at radius 3 is 2.89 bits per heavy atom. The van der Waals surface area contributed by atoms with Gasteiger partial charge in [-0.05, 0) is 43.9 Å². The summed E-state index contributed by atoms with van der Waals surface area (Å²) in [6.45, 7) is 0.958. The van der Waals surface area contributed by atoms with E-state index in [2.05, 4.69) is 25.5 Å². The maximum absolute atomic E-state index is 14.7. The Bertz CT molecular complexity index is 1330. The predicted molar refractivity (Wildman–Crippen MR) is 140 cm³/mol. The number of methoxy groups -OCH3 is 1. The molecule has 0 spiro atoms. The highest BCUT2D eigenvalue weighted by atomic mass is 32.2. The molecule has 3 atom stereocenters. The summed E-state index contributed by atoms with van der Waals surface area (Å²) < 4.78 is 19.9. The number of nitrogens with zero attached hydrogens (tertiary/aromatic N) is 3. The van der Waals surface area contributed by atoms with Crippen molar-refractivity contribution < 1.29 is 19.0 Å². The maximum Gasteiger partial charge on any atom is 0.234 e. The summed E-state index contributed by atoms with van der Waals surface area (Å²) in [4.78, 5) is 23.9. The van der Waals surface area contributed by atoms with Crippen molar-refractivity contribution in [3.63, 3.8) is 0 Å². The van der Waals surface area contributed by atoms with Crippen LogP contribution in [0.5, 0.6) is 5.88 Å². The highest BCUT2D eigenvalue weighted by Gasteiger charge is 2.41. The van der Waals surface area contributed by atoms with Crippen molar-refractivity contribution in [1.29, 1.82) is 0 Å². The number of amides is 1. The van der Waals surface area contributed by atoms with Gasteiger partial charge in [0.15, 0.2) is 0 Å². The Kier molecular flexibility index (Phi) is 6.74. The van der Waals surface area contributed by atoms with Crippen LogP contribution in [0.4, 0.5) is 10.1 Å². The van der Waals surface area contributed by atoms with Gasteiger partial charge >= 0.3 is 0 Å². The van der Waals surface area contributed by atoms with E-state index in [1.165, 1.54) is 17.8 Å². The van der Waals surface area contributed by atoms with E-state index in [0.29, 0.717) is 53.6 Å². The summed E-state index contributed by atoms with van der Waals surface area (Å²) in [5.41, 5.74) is 3.42. The van der Waals surface area contributed by atoms with E-state index in [-0.39, 0.29) is 17.8 Å². The summed E-state index contributed by atoms with van der Waals surface area (Å²) in [6, 6.07) is 9.98. The molecule has 3 unspecified atom stereocenters. The van der Waals surface area contributed by atoms with Crippen molar-refractivity contribution in [2.24, 2.45) is 0 Å². The fourth-order valence-electron chi connectivity index (χ4n) is 5.98. The van der Waals surface area contributed by atoms with E-state index in [1.54, 1.807) is 19.4 Å². The van der Waals surface area contributed by atoms with Gasteiger partial charge in [0.05, 0.1) is 41.9 Å². The molecule has 3 aliphatic heterocycles. The van der Waals surface area contributed by atoms with E-state index in [4.69, 9.17) is 4.74 Å². The van der Waals surface area contributed by atoms with Crippen molar-refractivity contribution in [1.82, 2.24) is 20.2 Å². The summed E-state index contributed by atoms with van der Waals surface area (Å²) in [5, 5.41) is 17.6. The number of carbonyl (C=O) groups excluding carboxylic acids is 1. The lowest BCUT2D eigenvalue weighted by atomic mass is 9.95. The summed E-state index contributed by atoms with van der Waals surface area (Å²) in [5.74, 6) is 0.454. The molecule has 0 aliphatic carbocycles. The average Bonchev–Trinajstić information content (AvgIpc) is 3.13. The van der Waals surface area contributed by atoms with E-state index < -0.39 is 6.10 Å². The number of piperidine rings is 1. The average molecular weight is 524 g/mol. The monoisotopic (exact) mass is 523 g/mol. The van der Waals surface area contributed by atoms with Crippen LogP contribution in [-0.2, 0) is 11.3 Å².